The van der Waals surface area contributed by atoms with Crippen molar-refractivity contribution in [3.05, 3.63) is 0 Å². The highest BCUT2D eigenvalue weighted by molar-refractivity contribution is 5.88. The molecule has 0 aromatic heterocycles. The number of Topliss-reactive ketones (excluding diaryl/α,β-unsaturated/α-hetero) is 2. The fourth-order valence-electron chi connectivity index (χ4n) is 1.44. The Morgan fingerprint density at radius 3 is 2.05 bits per heavy atom. The Balaban J connectivity index is 4.14. The molecule has 120 valence electrons. The Kier molecular flexibility index (Phi) is 8.45. The molecule has 0 bridgehead atoms. The maximum atomic E-state index is 11.6. The van der Waals surface area contributed by atoms with Crippen LogP contribution in [0.2, 0.25) is 0 Å². The van der Waals surface area contributed by atoms with Gasteiger partial charge in [-0.05, 0) is 0 Å². The zero-order valence-electron chi connectivity index (χ0n) is 12.8. The second-order valence-electron chi connectivity index (χ2n) is 5.40. The van der Waals surface area contributed by atoms with E-state index >= 15 is 0 Å². The zero-order valence-corrected chi connectivity index (χ0v) is 12.8. The van der Waals surface area contributed by atoms with Crippen molar-refractivity contribution in [2.75, 3.05) is 6.61 Å². The van der Waals surface area contributed by atoms with E-state index in [9.17, 15) is 19.2 Å². The number of ketones is 2. The number of hydrogen-bond acceptors (Lipinski definition) is 6. The lowest BCUT2D eigenvalue weighted by Gasteiger charge is -2.14. The lowest BCUT2D eigenvalue weighted by molar-refractivity contribution is -0.149. The molecule has 1 amide bonds. The quantitative estimate of drug-likeness (QED) is 0.544. The first kappa shape index (κ1) is 19.2. The summed E-state index contributed by atoms with van der Waals surface area (Å²) >= 11 is 0. The van der Waals surface area contributed by atoms with E-state index in [0.29, 0.717) is 0 Å². The summed E-state index contributed by atoms with van der Waals surface area (Å²) in [6.07, 6.45) is -0.0913. The number of amides is 1. The van der Waals surface area contributed by atoms with Crippen molar-refractivity contribution in [3.63, 3.8) is 0 Å². The van der Waals surface area contributed by atoms with Gasteiger partial charge in [0.1, 0.15) is 24.2 Å². The number of esters is 1. The third-order valence-electron chi connectivity index (χ3n) is 3.01. The predicted octanol–water partition coefficient (Wildman–Crippen LogP) is -0.0572. The minimum absolute atomic E-state index is 0.0198. The van der Waals surface area contributed by atoms with Gasteiger partial charge in [0.2, 0.25) is 5.91 Å². The molecule has 0 radical (unpaired) electrons. The van der Waals surface area contributed by atoms with Crippen LogP contribution in [-0.4, -0.2) is 36.1 Å². The van der Waals surface area contributed by atoms with Gasteiger partial charge in [0.05, 0.1) is 0 Å². The highest BCUT2D eigenvalue weighted by Gasteiger charge is 2.22. The van der Waals surface area contributed by atoms with Gasteiger partial charge in [-0.2, -0.15) is 0 Å². The van der Waals surface area contributed by atoms with Gasteiger partial charge >= 0.3 is 5.97 Å². The Morgan fingerprint density at radius 1 is 1.00 bits per heavy atom. The first-order valence-corrected chi connectivity index (χ1v) is 6.91. The van der Waals surface area contributed by atoms with Gasteiger partial charge in [-0.1, -0.05) is 20.8 Å². The van der Waals surface area contributed by atoms with Crippen molar-refractivity contribution >= 4 is 23.4 Å². The molecule has 4 N–H and O–H groups in total. The molecule has 0 aromatic rings. The van der Waals surface area contributed by atoms with Crippen molar-refractivity contribution in [2.24, 2.45) is 23.3 Å². The van der Waals surface area contributed by atoms with E-state index in [1.807, 2.05) is 0 Å². The lowest BCUT2D eigenvalue weighted by atomic mass is 10.0. The molecule has 0 spiro atoms. The molecule has 21 heavy (non-hydrogen) atoms. The molecule has 2 unspecified atom stereocenters. The molecule has 0 aliphatic carbocycles. The number of hydrogen-bond donors (Lipinski definition) is 2. The van der Waals surface area contributed by atoms with E-state index in [0.717, 1.165) is 0 Å². The topological polar surface area (TPSA) is 130 Å². The van der Waals surface area contributed by atoms with Gasteiger partial charge in [-0.3, -0.25) is 19.2 Å². The van der Waals surface area contributed by atoms with Gasteiger partial charge < -0.3 is 16.2 Å². The maximum absolute atomic E-state index is 11.6. The van der Waals surface area contributed by atoms with Crippen LogP contribution in [0.4, 0.5) is 0 Å². The smallest absolute Gasteiger partial charge is 0.323 e. The number of primary amides is 1. The lowest BCUT2D eigenvalue weighted by Crippen LogP contribution is -2.36. The molecule has 0 aromatic carbocycles. The molecule has 0 heterocycles. The summed E-state index contributed by atoms with van der Waals surface area (Å²) in [6, 6.07) is -1.02. The summed E-state index contributed by atoms with van der Waals surface area (Å²) < 4.78 is 4.92. The van der Waals surface area contributed by atoms with Crippen molar-refractivity contribution in [2.45, 2.75) is 46.1 Å². The molecule has 7 nitrogen and oxygen atoms in total. The van der Waals surface area contributed by atoms with E-state index in [1.165, 1.54) is 0 Å². The van der Waals surface area contributed by atoms with Crippen molar-refractivity contribution in [1.29, 1.82) is 0 Å². The minimum atomic E-state index is -1.02. The SMILES string of the molecule is CC(C)C(=O)CC(N)C(=O)OCC(C)C(=O)CCC(N)=O. The molecule has 7 heteroatoms. The van der Waals surface area contributed by atoms with E-state index in [1.54, 1.807) is 20.8 Å². The molecule has 0 rings (SSSR count). The number of carbonyl (C=O) groups excluding carboxylic acids is 4. The Hall–Kier alpha value is -1.76. The number of rotatable bonds is 10. The van der Waals surface area contributed by atoms with Crippen LogP contribution in [0.1, 0.15) is 40.0 Å². The monoisotopic (exact) mass is 300 g/mol. The van der Waals surface area contributed by atoms with Crippen LogP contribution in [0.3, 0.4) is 0 Å². The Labute approximate surface area is 124 Å². The van der Waals surface area contributed by atoms with Gasteiger partial charge in [0, 0.05) is 31.1 Å². The first-order valence-electron chi connectivity index (χ1n) is 6.91. The van der Waals surface area contributed by atoms with Crippen LogP contribution in [0, 0.1) is 11.8 Å². The van der Waals surface area contributed by atoms with Gasteiger partial charge in [-0.15, -0.1) is 0 Å². The summed E-state index contributed by atoms with van der Waals surface area (Å²) in [5.74, 6) is -2.33. The highest BCUT2D eigenvalue weighted by Crippen LogP contribution is 2.06. The zero-order chi connectivity index (χ0) is 16.6. The van der Waals surface area contributed by atoms with Crippen LogP contribution in [0.25, 0.3) is 0 Å². The summed E-state index contributed by atoms with van der Waals surface area (Å²) in [4.78, 5) is 45.3. The molecule has 0 saturated carbocycles. The predicted molar refractivity (Wildman–Crippen MR) is 76.0 cm³/mol. The number of carbonyl (C=O) groups is 4. The number of ether oxygens (including phenoxy) is 1. The summed E-state index contributed by atoms with van der Waals surface area (Å²) in [5, 5.41) is 0. The van der Waals surface area contributed by atoms with Crippen LogP contribution in [-0.2, 0) is 23.9 Å². The number of nitrogens with two attached hydrogens (primary N) is 2. The Bertz CT molecular complexity index is 406. The van der Waals surface area contributed by atoms with Gasteiger partial charge in [0.15, 0.2) is 0 Å². The molecule has 0 fully saturated rings. The normalized spacial score (nSPS) is 13.6. The average molecular weight is 300 g/mol. The van der Waals surface area contributed by atoms with E-state index in [-0.39, 0.29) is 43.4 Å². The van der Waals surface area contributed by atoms with Gasteiger partial charge in [0.25, 0.3) is 0 Å². The third-order valence-corrected chi connectivity index (χ3v) is 3.01. The molecule has 2 atom stereocenters. The first-order chi connectivity index (χ1) is 9.65. The van der Waals surface area contributed by atoms with Crippen LogP contribution in [0.15, 0.2) is 0 Å². The fraction of sp³-hybridized carbons (Fsp3) is 0.714. The van der Waals surface area contributed by atoms with E-state index in [4.69, 9.17) is 16.2 Å². The molecule has 0 saturated heterocycles. The van der Waals surface area contributed by atoms with Crippen LogP contribution < -0.4 is 11.5 Å². The molecule has 0 aliphatic heterocycles. The van der Waals surface area contributed by atoms with E-state index < -0.39 is 23.8 Å². The largest absolute Gasteiger partial charge is 0.464 e. The van der Waals surface area contributed by atoms with Crippen molar-refractivity contribution in [3.8, 4) is 0 Å². The van der Waals surface area contributed by atoms with E-state index in [2.05, 4.69) is 0 Å². The maximum Gasteiger partial charge on any atom is 0.323 e. The molecular weight excluding hydrogens is 276 g/mol. The average Bonchev–Trinajstić information content (AvgIpc) is 2.40. The molecule has 0 aliphatic rings. The van der Waals surface area contributed by atoms with Crippen LogP contribution >= 0.6 is 0 Å². The van der Waals surface area contributed by atoms with Crippen molar-refractivity contribution in [1.82, 2.24) is 0 Å². The fourth-order valence-corrected chi connectivity index (χ4v) is 1.44. The Morgan fingerprint density at radius 2 is 1.57 bits per heavy atom. The van der Waals surface area contributed by atoms with Crippen LogP contribution in [0.5, 0.6) is 0 Å². The van der Waals surface area contributed by atoms with Crippen molar-refractivity contribution < 1.29 is 23.9 Å². The third kappa shape index (κ3) is 8.19. The minimum Gasteiger partial charge on any atom is -0.464 e. The summed E-state index contributed by atoms with van der Waals surface area (Å²) in [5.41, 5.74) is 10.5. The van der Waals surface area contributed by atoms with Gasteiger partial charge in [-0.25, -0.2) is 0 Å². The summed E-state index contributed by atoms with van der Waals surface area (Å²) in [6.45, 7) is 4.90. The second-order valence-corrected chi connectivity index (χ2v) is 5.40. The molecular formula is C14H24N2O5. The standard InChI is InChI=1S/C14H24N2O5/c1-8(2)12(18)6-10(15)14(20)21-7-9(3)11(17)4-5-13(16)19/h8-10H,4-7,15H2,1-3H3,(H2,16,19). The second kappa shape index (κ2) is 9.23. The summed E-state index contributed by atoms with van der Waals surface area (Å²) in [7, 11) is 0. The highest BCUT2D eigenvalue weighted by atomic mass is 16.5.